The molecule has 18 heavy (non-hydrogen) atoms. The van der Waals surface area contributed by atoms with Crippen molar-refractivity contribution < 1.29 is 4.79 Å². The number of carbonyl (C=O) groups excluding carboxylic acids is 1. The van der Waals surface area contributed by atoms with Gasteiger partial charge < -0.3 is 11.5 Å². The number of rotatable bonds is 2. The second-order valence-electron chi connectivity index (χ2n) is 3.73. The van der Waals surface area contributed by atoms with Crippen LogP contribution in [0.2, 0.25) is 0 Å². The summed E-state index contributed by atoms with van der Waals surface area (Å²) in [4.78, 5) is 17.0. The van der Waals surface area contributed by atoms with Gasteiger partial charge in [-0.2, -0.15) is 0 Å². The second-order valence-corrected chi connectivity index (χ2v) is 5.76. The van der Waals surface area contributed by atoms with E-state index in [2.05, 4.69) is 4.98 Å². The van der Waals surface area contributed by atoms with Crippen LogP contribution in [0.15, 0.2) is 29.6 Å². The first kappa shape index (κ1) is 11.2. The molecule has 0 aliphatic rings. The van der Waals surface area contributed by atoms with Crippen molar-refractivity contribution in [1.29, 1.82) is 0 Å². The van der Waals surface area contributed by atoms with Crippen molar-refractivity contribution in [3.05, 3.63) is 35.2 Å². The Bertz CT molecular complexity index is 731. The molecule has 4 nitrogen and oxygen atoms in total. The van der Waals surface area contributed by atoms with Crippen LogP contribution in [0.1, 0.15) is 10.4 Å². The summed E-state index contributed by atoms with van der Waals surface area (Å²) in [5.41, 5.74) is 12.9. The summed E-state index contributed by atoms with van der Waals surface area (Å²) in [7, 11) is 0. The molecule has 3 rings (SSSR count). The van der Waals surface area contributed by atoms with Gasteiger partial charge in [0.15, 0.2) is 0 Å². The quantitative estimate of drug-likeness (QED) is 0.754. The van der Waals surface area contributed by atoms with E-state index in [4.69, 9.17) is 11.5 Å². The van der Waals surface area contributed by atoms with Gasteiger partial charge in [-0.15, -0.1) is 22.7 Å². The largest absolute Gasteiger partial charge is 0.390 e. The van der Waals surface area contributed by atoms with Crippen molar-refractivity contribution >= 4 is 43.8 Å². The van der Waals surface area contributed by atoms with Gasteiger partial charge in [0.2, 0.25) is 0 Å². The SMILES string of the molecule is NC(=O)c1c(N)sc2ccc(-c3cccs3)nc12. The number of nitrogens with two attached hydrogens (primary N) is 2. The Kier molecular flexibility index (Phi) is 2.53. The van der Waals surface area contributed by atoms with Crippen molar-refractivity contribution in [2.45, 2.75) is 0 Å². The molecule has 0 atom stereocenters. The van der Waals surface area contributed by atoms with E-state index in [1.807, 2.05) is 29.6 Å². The third-order valence-corrected chi connectivity index (χ3v) is 4.45. The van der Waals surface area contributed by atoms with Crippen molar-refractivity contribution in [1.82, 2.24) is 4.98 Å². The van der Waals surface area contributed by atoms with E-state index < -0.39 is 5.91 Å². The zero-order chi connectivity index (χ0) is 12.7. The molecule has 0 radical (unpaired) electrons. The highest BCUT2D eigenvalue weighted by Gasteiger charge is 2.16. The minimum absolute atomic E-state index is 0.327. The Morgan fingerprint density at radius 1 is 1.28 bits per heavy atom. The lowest BCUT2D eigenvalue weighted by Gasteiger charge is -1.98. The van der Waals surface area contributed by atoms with E-state index in [1.165, 1.54) is 11.3 Å². The van der Waals surface area contributed by atoms with Crippen molar-refractivity contribution in [3.8, 4) is 10.6 Å². The van der Waals surface area contributed by atoms with Gasteiger partial charge in [-0.25, -0.2) is 4.98 Å². The minimum atomic E-state index is -0.533. The molecule has 0 saturated carbocycles. The fourth-order valence-electron chi connectivity index (χ4n) is 1.79. The molecule has 0 aliphatic heterocycles. The highest BCUT2D eigenvalue weighted by atomic mass is 32.1. The number of anilines is 1. The minimum Gasteiger partial charge on any atom is -0.390 e. The number of pyridine rings is 1. The maximum atomic E-state index is 11.4. The predicted molar refractivity (Wildman–Crippen MR) is 75.9 cm³/mol. The average molecular weight is 275 g/mol. The number of primary amides is 1. The first-order valence-electron chi connectivity index (χ1n) is 5.19. The zero-order valence-corrected chi connectivity index (χ0v) is 10.8. The van der Waals surface area contributed by atoms with Crippen LogP contribution in [0, 0.1) is 0 Å². The van der Waals surface area contributed by atoms with Gasteiger partial charge in [0, 0.05) is 0 Å². The second kappa shape index (κ2) is 4.08. The van der Waals surface area contributed by atoms with Crippen LogP contribution in [0.25, 0.3) is 20.8 Å². The monoisotopic (exact) mass is 275 g/mol. The molecule has 1 amide bonds. The van der Waals surface area contributed by atoms with E-state index in [9.17, 15) is 4.79 Å². The number of thiophene rings is 2. The Labute approximate surface area is 111 Å². The van der Waals surface area contributed by atoms with Crippen LogP contribution in [-0.4, -0.2) is 10.9 Å². The molecule has 3 heterocycles. The lowest BCUT2D eigenvalue weighted by molar-refractivity contribution is 0.100. The number of nitrogen functional groups attached to an aromatic ring is 1. The van der Waals surface area contributed by atoms with Gasteiger partial charge in [-0.3, -0.25) is 4.79 Å². The topological polar surface area (TPSA) is 82.0 Å². The number of aromatic nitrogens is 1. The number of carbonyl (C=O) groups is 1. The van der Waals surface area contributed by atoms with Crippen LogP contribution in [0.5, 0.6) is 0 Å². The van der Waals surface area contributed by atoms with Gasteiger partial charge in [0.05, 0.1) is 26.4 Å². The van der Waals surface area contributed by atoms with E-state index >= 15 is 0 Å². The molecule has 0 unspecified atom stereocenters. The lowest BCUT2D eigenvalue weighted by Crippen LogP contribution is -2.12. The molecule has 0 spiro atoms. The number of nitrogens with zero attached hydrogens (tertiary/aromatic N) is 1. The first-order valence-corrected chi connectivity index (χ1v) is 6.89. The van der Waals surface area contributed by atoms with Gasteiger partial charge in [-0.1, -0.05) is 6.07 Å². The number of hydrogen-bond acceptors (Lipinski definition) is 5. The molecule has 4 N–H and O–H groups in total. The van der Waals surface area contributed by atoms with E-state index in [1.54, 1.807) is 11.3 Å². The van der Waals surface area contributed by atoms with Crippen LogP contribution in [0.4, 0.5) is 5.00 Å². The predicted octanol–water partition coefficient (Wildman–Crippen LogP) is 2.71. The van der Waals surface area contributed by atoms with E-state index in [0.29, 0.717) is 16.1 Å². The number of fused-ring (bicyclic) bond motifs is 1. The maximum Gasteiger partial charge on any atom is 0.253 e. The Morgan fingerprint density at radius 2 is 2.11 bits per heavy atom. The molecule has 3 aromatic rings. The molecule has 0 bridgehead atoms. The van der Waals surface area contributed by atoms with Gasteiger partial charge in [0.1, 0.15) is 5.00 Å². The summed E-state index contributed by atoms with van der Waals surface area (Å²) < 4.78 is 0.876. The first-order chi connectivity index (χ1) is 8.66. The molecular formula is C12H9N3OS2. The summed E-state index contributed by atoms with van der Waals surface area (Å²) >= 11 is 2.93. The molecular weight excluding hydrogens is 266 g/mol. The Balaban J connectivity index is 2.28. The Hall–Kier alpha value is -1.92. The fraction of sp³-hybridized carbons (Fsp3) is 0. The van der Waals surface area contributed by atoms with Crippen molar-refractivity contribution in [2.24, 2.45) is 5.73 Å². The van der Waals surface area contributed by atoms with Gasteiger partial charge in [-0.05, 0) is 23.6 Å². The third kappa shape index (κ3) is 1.66. The number of amides is 1. The van der Waals surface area contributed by atoms with Crippen LogP contribution >= 0.6 is 22.7 Å². The molecule has 0 aromatic carbocycles. The molecule has 0 saturated heterocycles. The molecule has 90 valence electrons. The summed E-state index contributed by atoms with van der Waals surface area (Å²) in [5, 5.41) is 2.41. The Morgan fingerprint density at radius 3 is 2.78 bits per heavy atom. The smallest absolute Gasteiger partial charge is 0.253 e. The van der Waals surface area contributed by atoms with Crippen LogP contribution in [-0.2, 0) is 0 Å². The summed E-state index contributed by atoms with van der Waals surface area (Å²) in [5.74, 6) is -0.533. The summed E-state index contributed by atoms with van der Waals surface area (Å²) in [6, 6.07) is 7.79. The van der Waals surface area contributed by atoms with Crippen LogP contribution < -0.4 is 11.5 Å². The summed E-state index contributed by atoms with van der Waals surface area (Å²) in [6.45, 7) is 0. The molecule has 0 aliphatic carbocycles. The van der Waals surface area contributed by atoms with E-state index in [0.717, 1.165) is 15.3 Å². The number of hydrogen-bond donors (Lipinski definition) is 2. The highest BCUT2D eigenvalue weighted by Crippen LogP contribution is 2.34. The van der Waals surface area contributed by atoms with Crippen LogP contribution in [0.3, 0.4) is 0 Å². The average Bonchev–Trinajstić information content (AvgIpc) is 2.92. The van der Waals surface area contributed by atoms with Crippen molar-refractivity contribution in [3.63, 3.8) is 0 Å². The normalized spacial score (nSPS) is 10.9. The summed E-state index contributed by atoms with van der Waals surface area (Å²) in [6.07, 6.45) is 0. The fourth-order valence-corrected chi connectivity index (χ4v) is 3.41. The zero-order valence-electron chi connectivity index (χ0n) is 9.21. The third-order valence-electron chi connectivity index (χ3n) is 2.58. The molecule has 6 heteroatoms. The molecule has 0 fully saturated rings. The van der Waals surface area contributed by atoms with Gasteiger partial charge >= 0.3 is 0 Å². The van der Waals surface area contributed by atoms with E-state index in [-0.39, 0.29) is 0 Å². The standard InChI is InChI=1S/C12H9N3OS2/c13-11(16)9-10-8(18-12(9)14)4-3-6(15-10)7-2-1-5-17-7/h1-5H,14H2,(H2,13,16). The maximum absolute atomic E-state index is 11.4. The van der Waals surface area contributed by atoms with Crippen molar-refractivity contribution in [2.75, 3.05) is 5.73 Å². The lowest BCUT2D eigenvalue weighted by atomic mass is 10.2. The van der Waals surface area contributed by atoms with Gasteiger partial charge in [0.25, 0.3) is 5.91 Å². The molecule has 3 aromatic heterocycles. The highest BCUT2D eigenvalue weighted by molar-refractivity contribution is 7.23.